The Kier molecular flexibility index (Phi) is 9.48. The highest BCUT2D eigenvalue weighted by molar-refractivity contribution is 5.96. The Morgan fingerprint density at radius 3 is 2.59 bits per heavy atom. The number of benzene rings is 1. The molecular formula is C27H30F3N3O4. The van der Waals surface area contributed by atoms with E-state index in [1.54, 1.807) is 32.1 Å². The number of ether oxygens (including phenoxy) is 2. The lowest BCUT2D eigenvalue weighted by atomic mass is 9.99. The third-order valence-electron chi connectivity index (χ3n) is 5.56. The molecule has 2 heterocycles. The molecule has 10 heteroatoms. The predicted octanol–water partition coefficient (Wildman–Crippen LogP) is 4.60. The van der Waals surface area contributed by atoms with Gasteiger partial charge in [-0.1, -0.05) is 24.3 Å². The van der Waals surface area contributed by atoms with E-state index in [0.717, 1.165) is 12.1 Å². The summed E-state index contributed by atoms with van der Waals surface area (Å²) < 4.78 is 50.3. The van der Waals surface area contributed by atoms with E-state index in [1.807, 2.05) is 6.07 Å². The van der Waals surface area contributed by atoms with Crippen LogP contribution >= 0.6 is 0 Å². The number of aliphatic hydroxyl groups is 1. The summed E-state index contributed by atoms with van der Waals surface area (Å²) in [7, 11) is 0. The van der Waals surface area contributed by atoms with Gasteiger partial charge in [0.05, 0.1) is 25.4 Å². The fraction of sp³-hybridized carbons (Fsp3) is 0.333. The molecule has 1 saturated heterocycles. The van der Waals surface area contributed by atoms with Gasteiger partial charge in [0, 0.05) is 30.4 Å². The molecule has 0 bridgehead atoms. The number of amides is 1. The first kappa shape index (κ1) is 27.9. The number of nitrogens with one attached hydrogen (secondary N) is 1. The molecule has 1 aromatic heterocycles. The van der Waals surface area contributed by atoms with Crippen molar-refractivity contribution in [2.45, 2.75) is 20.0 Å². The van der Waals surface area contributed by atoms with Crippen molar-refractivity contribution in [3.05, 3.63) is 83.1 Å². The highest BCUT2D eigenvalue weighted by Gasteiger charge is 2.31. The van der Waals surface area contributed by atoms with E-state index in [9.17, 15) is 23.1 Å². The first-order valence-electron chi connectivity index (χ1n) is 11.7. The molecule has 1 aromatic carbocycles. The third kappa shape index (κ3) is 7.68. The smallest absolute Gasteiger partial charge is 0.416 e. The summed E-state index contributed by atoms with van der Waals surface area (Å²) in [5.74, 6) is 0.304. The molecule has 7 nitrogen and oxygen atoms in total. The molecule has 0 saturated carbocycles. The molecule has 2 N–H and O–H groups in total. The molecule has 0 radical (unpaired) electrons. The fourth-order valence-electron chi connectivity index (χ4n) is 3.67. The van der Waals surface area contributed by atoms with Crippen molar-refractivity contribution in [3.63, 3.8) is 0 Å². The SMILES string of the molecule is C=C(C)/C(=C\C(=C/C)NC(=O)c1cccc(C(F)(F)F)c1)c1cc(OCCO)nc(N2CCOCC2)c1. The van der Waals surface area contributed by atoms with Crippen molar-refractivity contribution >= 4 is 17.3 Å². The summed E-state index contributed by atoms with van der Waals surface area (Å²) in [6.07, 6.45) is -1.22. The van der Waals surface area contributed by atoms with Crippen LogP contribution in [-0.4, -0.2) is 55.5 Å². The maximum absolute atomic E-state index is 13.1. The minimum absolute atomic E-state index is 0.0677. The second-order valence-electron chi connectivity index (χ2n) is 8.34. The molecule has 1 aliphatic heterocycles. The Morgan fingerprint density at radius 2 is 1.97 bits per heavy atom. The number of aliphatic hydroxyl groups excluding tert-OH is 1. The largest absolute Gasteiger partial charge is 0.475 e. The summed E-state index contributed by atoms with van der Waals surface area (Å²) in [5.41, 5.74) is 1.43. The number of carbonyl (C=O) groups excluding carboxylic acids is 1. The number of hydrogen-bond acceptors (Lipinski definition) is 6. The van der Waals surface area contributed by atoms with Crippen LogP contribution in [0.5, 0.6) is 5.88 Å². The van der Waals surface area contributed by atoms with Crippen molar-refractivity contribution in [2.75, 3.05) is 44.4 Å². The zero-order chi connectivity index (χ0) is 27.0. The van der Waals surface area contributed by atoms with E-state index in [-0.39, 0.29) is 18.8 Å². The standard InChI is InChI=1S/C27H30F3N3O4/c1-4-22(31-26(35)19-6-5-7-21(14-19)27(28,29)30)17-23(18(2)3)20-15-24(33-8-11-36-12-9-33)32-25(16-20)37-13-10-34/h4-7,14-17,34H,2,8-13H2,1,3H3,(H,31,35)/b22-4+,23-17+. The first-order chi connectivity index (χ1) is 17.6. The number of allylic oxidation sites excluding steroid dienone is 4. The average Bonchev–Trinajstić information content (AvgIpc) is 2.89. The Labute approximate surface area is 213 Å². The van der Waals surface area contributed by atoms with E-state index < -0.39 is 17.6 Å². The van der Waals surface area contributed by atoms with Crippen LogP contribution in [0.2, 0.25) is 0 Å². The van der Waals surface area contributed by atoms with Crippen LogP contribution in [0.25, 0.3) is 5.57 Å². The van der Waals surface area contributed by atoms with Crippen molar-refractivity contribution < 1.29 is 32.5 Å². The molecule has 0 atom stereocenters. The quantitative estimate of drug-likeness (QED) is 0.473. The molecule has 198 valence electrons. The molecule has 1 fully saturated rings. The minimum atomic E-state index is -4.55. The third-order valence-corrected chi connectivity index (χ3v) is 5.56. The van der Waals surface area contributed by atoms with Gasteiger partial charge in [0.1, 0.15) is 12.4 Å². The predicted molar refractivity (Wildman–Crippen MR) is 135 cm³/mol. The van der Waals surface area contributed by atoms with Crippen LogP contribution in [-0.2, 0) is 10.9 Å². The topological polar surface area (TPSA) is 83.9 Å². The number of nitrogens with zero attached hydrogens (tertiary/aromatic N) is 2. The van der Waals surface area contributed by atoms with Gasteiger partial charge in [0.2, 0.25) is 5.88 Å². The molecule has 0 aliphatic carbocycles. The number of hydrogen-bond donors (Lipinski definition) is 2. The highest BCUT2D eigenvalue weighted by Crippen LogP contribution is 2.31. The van der Waals surface area contributed by atoms with E-state index in [4.69, 9.17) is 9.47 Å². The number of alkyl halides is 3. The van der Waals surface area contributed by atoms with Gasteiger partial charge < -0.3 is 24.8 Å². The summed E-state index contributed by atoms with van der Waals surface area (Å²) >= 11 is 0. The van der Waals surface area contributed by atoms with Crippen molar-refractivity contribution in [3.8, 4) is 5.88 Å². The molecule has 37 heavy (non-hydrogen) atoms. The summed E-state index contributed by atoms with van der Waals surface area (Å²) in [6, 6.07) is 7.83. The van der Waals surface area contributed by atoms with Crippen LogP contribution < -0.4 is 15.0 Å². The molecule has 2 aromatic rings. The van der Waals surface area contributed by atoms with E-state index in [1.165, 1.54) is 12.1 Å². The monoisotopic (exact) mass is 517 g/mol. The maximum Gasteiger partial charge on any atom is 0.416 e. The lowest BCUT2D eigenvalue weighted by Crippen LogP contribution is -2.36. The van der Waals surface area contributed by atoms with Crippen molar-refractivity contribution in [1.29, 1.82) is 0 Å². The lowest BCUT2D eigenvalue weighted by molar-refractivity contribution is -0.137. The Morgan fingerprint density at radius 1 is 1.24 bits per heavy atom. The zero-order valence-electron chi connectivity index (χ0n) is 20.8. The van der Waals surface area contributed by atoms with Crippen LogP contribution in [0.3, 0.4) is 0 Å². The molecule has 1 aliphatic rings. The van der Waals surface area contributed by atoms with Gasteiger partial charge in [-0.15, -0.1) is 0 Å². The zero-order valence-corrected chi connectivity index (χ0v) is 20.8. The van der Waals surface area contributed by atoms with Gasteiger partial charge in [-0.2, -0.15) is 18.2 Å². The van der Waals surface area contributed by atoms with Crippen LogP contribution in [0.4, 0.5) is 19.0 Å². The Balaban J connectivity index is 1.94. The van der Waals surface area contributed by atoms with Crippen molar-refractivity contribution in [1.82, 2.24) is 10.3 Å². The van der Waals surface area contributed by atoms with E-state index in [2.05, 4.69) is 21.8 Å². The number of halogens is 3. The molecule has 1 amide bonds. The van der Waals surface area contributed by atoms with Gasteiger partial charge in [0.15, 0.2) is 0 Å². The van der Waals surface area contributed by atoms with Crippen LogP contribution in [0.15, 0.2) is 66.4 Å². The van der Waals surface area contributed by atoms with Gasteiger partial charge >= 0.3 is 6.18 Å². The Hall–Kier alpha value is -3.63. The van der Waals surface area contributed by atoms with Gasteiger partial charge in [-0.3, -0.25) is 4.79 Å². The number of morpholine rings is 1. The molecule has 0 spiro atoms. The maximum atomic E-state index is 13.1. The molecule has 0 unspecified atom stereocenters. The number of aromatic nitrogens is 1. The van der Waals surface area contributed by atoms with Crippen LogP contribution in [0, 0.1) is 0 Å². The second kappa shape index (κ2) is 12.6. The van der Waals surface area contributed by atoms with E-state index >= 15 is 0 Å². The minimum Gasteiger partial charge on any atom is -0.475 e. The Bertz CT molecular complexity index is 1190. The normalized spacial score (nSPS) is 14.9. The number of carbonyl (C=O) groups is 1. The number of pyridine rings is 1. The van der Waals surface area contributed by atoms with Crippen molar-refractivity contribution in [2.24, 2.45) is 0 Å². The van der Waals surface area contributed by atoms with E-state index in [0.29, 0.717) is 60.4 Å². The number of anilines is 1. The highest BCUT2D eigenvalue weighted by atomic mass is 19.4. The fourth-order valence-corrected chi connectivity index (χ4v) is 3.67. The second-order valence-corrected chi connectivity index (χ2v) is 8.34. The summed E-state index contributed by atoms with van der Waals surface area (Å²) in [6.45, 7) is 9.88. The summed E-state index contributed by atoms with van der Waals surface area (Å²) in [5, 5.41) is 11.9. The number of rotatable bonds is 9. The summed E-state index contributed by atoms with van der Waals surface area (Å²) in [4.78, 5) is 19.4. The molecular weight excluding hydrogens is 487 g/mol. The van der Waals surface area contributed by atoms with Gasteiger partial charge in [-0.25, -0.2) is 0 Å². The van der Waals surface area contributed by atoms with Gasteiger partial charge in [0.25, 0.3) is 5.91 Å². The molecule has 3 rings (SSSR count). The average molecular weight is 518 g/mol. The first-order valence-corrected chi connectivity index (χ1v) is 11.7. The lowest BCUT2D eigenvalue weighted by Gasteiger charge is -2.28. The van der Waals surface area contributed by atoms with Crippen LogP contribution in [0.1, 0.15) is 35.3 Å². The van der Waals surface area contributed by atoms with Gasteiger partial charge in [-0.05, 0) is 55.3 Å².